The Morgan fingerprint density at radius 1 is 1.12 bits per heavy atom. The molecule has 2 fully saturated rings. The summed E-state index contributed by atoms with van der Waals surface area (Å²) in [6.45, 7) is 2.34. The third-order valence-electron chi connectivity index (χ3n) is 4.18. The van der Waals surface area contributed by atoms with Gasteiger partial charge in [0, 0.05) is 17.8 Å². The van der Waals surface area contributed by atoms with Gasteiger partial charge in [-0.2, -0.15) is 11.8 Å². The van der Waals surface area contributed by atoms with Crippen LogP contribution in [0, 0.1) is 5.92 Å². The Hall–Kier alpha value is 0.310. The highest BCUT2D eigenvalue weighted by Gasteiger charge is 2.26. The van der Waals surface area contributed by atoms with E-state index >= 15 is 0 Å². The molecule has 2 aliphatic rings. The van der Waals surface area contributed by atoms with Crippen molar-refractivity contribution >= 4 is 11.8 Å². The number of nitrogens with one attached hydrogen (secondary N) is 1. The minimum absolute atomic E-state index is 0.821. The lowest BCUT2D eigenvalue weighted by Crippen LogP contribution is -2.46. The first-order valence-corrected chi connectivity index (χ1v) is 8.39. The van der Waals surface area contributed by atoms with Crippen LogP contribution in [0.15, 0.2) is 0 Å². The Morgan fingerprint density at radius 2 is 2.00 bits per heavy atom. The Kier molecular flexibility index (Phi) is 5.51. The Labute approximate surface area is 105 Å². The van der Waals surface area contributed by atoms with E-state index in [-0.39, 0.29) is 0 Å². The van der Waals surface area contributed by atoms with Gasteiger partial charge < -0.3 is 5.32 Å². The molecular formula is C14H27NS. The molecule has 1 aliphatic carbocycles. The minimum atomic E-state index is 0.821. The van der Waals surface area contributed by atoms with E-state index in [4.69, 9.17) is 0 Å². The fourth-order valence-corrected chi connectivity index (χ4v) is 4.40. The van der Waals surface area contributed by atoms with Crippen molar-refractivity contribution in [2.75, 3.05) is 11.5 Å². The van der Waals surface area contributed by atoms with E-state index in [1.165, 1.54) is 62.9 Å². The quantitative estimate of drug-likeness (QED) is 0.803. The highest BCUT2D eigenvalue weighted by atomic mass is 32.2. The van der Waals surface area contributed by atoms with Crippen LogP contribution in [0.2, 0.25) is 0 Å². The zero-order valence-electron chi connectivity index (χ0n) is 10.7. The first-order chi connectivity index (χ1) is 7.90. The zero-order valence-corrected chi connectivity index (χ0v) is 11.5. The summed E-state index contributed by atoms with van der Waals surface area (Å²) in [6, 6.07) is 1.67. The maximum absolute atomic E-state index is 3.97. The van der Waals surface area contributed by atoms with E-state index in [1.807, 2.05) is 0 Å². The van der Waals surface area contributed by atoms with Crippen LogP contribution in [0.4, 0.5) is 0 Å². The van der Waals surface area contributed by atoms with E-state index in [1.54, 1.807) is 0 Å². The normalized spacial score (nSPS) is 36.2. The molecule has 0 spiro atoms. The fourth-order valence-electron chi connectivity index (χ4n) is 3.32. The molecule has 16 heavy (non-hydrogen) atoms. The lowest BCUT2D eigenvalue weighted by atomic mass is 9.81. The molecule has 3 atom stereocenters. The van der Waals surface area contributed by atoms with Crippen molar-refractivity contribution in [2.24, 2.45) is 5.92 Å². The van der Waals surface area contributed by atoms with Gasteiger partial charge in [0.2, 0.25) is 0 Å². The zero-order chi connectivity index (χ0) is 11.2. The molecule has 1 saturated heterocycles. The molecule has 0 aromatic carbocycles. The van der Waals surface area contributed by atoms with Crippen LogP contribution in [-0.2, 0) is 0 Å². The summed E-state index contributed by atoms with van der Waals surface area (Å²) in [4.78, 5) is 0. The average molecular weight is 241 g/mol. The smallest absolute Gasteiger partial charge is 0.0161 e. The molecule has 1 heterocycles. The molecule has 0 aromatic rings. The summed E-state index contributed by atoms with van der Waals surface area (Å²) >= 11 is 2.14. The first kappa shape index (κ1) is 12.8. The Bertz CT molecular complexity index is 187. The lowest BCUT2D eigenvalue weighted by Gasteiger charge is -2.36. The highest BCUT2D eigenvalue weighted by Crippen LogP contribution is 2.29. The van der Waals surface area contributed by atoms with Gasteiger partial charge in [-0.05, 0) is 43.8 Å². The topological polar surface area (TPSA) is 12.0 Å². The second kappa shape index (κ2) is 6.90. The van der Waals surface area contributed by atoms with Crippen LogP contribution in [0.1, 0.15) is 58.3 Å². The van der Waals surface area contributed by atoms with Gasteiger partial charge in [-0.25, -0.2) is 0 Å². The van der Waals surface area contributed by atoms with Crippen molar-refractivity contribution in [1.29, 1.82) is 0 Å². The molecule has 1 nitrogen and oxygen atoms in total. The van der Waals surface area contributed by atoms with Gasteiger partial charge in [0.15, 0.2) is 0 Å². The molecule has 3 unspecified atom stereocenters. The third kappa shape index (κ3) is 3.66. The van der Waals surface area contributed by atoms with Gasteiger partial charge in [-0.1, -0.05) is 26.2 Å². The molecule has 0 bridgehead atoms. The molecule has 2 rings (SSSR count). The van der Waals surface area contributed by atoms with Crippen molar-refractivity contribution in [3.8, 4) is 0 Å². The van der Waals surface area contributed by atoms with Gasteiger partial charge in [0.1, 0.15) is 0 Å². The monoisotopic (exact) mass is 241 g/mol. The molecule has 0 amide bonds. The van der Waals surface area contributed by atoms with Crippen molar-refractivity contribution in [3.05, 3.63) is 0 Å². The Morgan fingerprint density at radius 3 is 2.75 bits per heavy atom. The van der Waals surface area contributed by atoms with E-state index < -0.39 is 0 Å². The molecule has 1 N–H and O–H groups in total. The lowest BCUT2D eigenvalue weighted by molar-refractivity contribution is 0.230. The minimum Gasteiger partial charge on any atom is -0.310 e. The summed E-state index contributed by atoms with van der Waals surface area (Å²) in [5, 5.41) is 3.97. The molecule has 0 radical (unpaired) electrons. The molecule has 2 heteroatoms. The van der Waals surface area contributed by atoms with Crippen LogP contribution in [0.25, 0.3) is 0 Å². The van der Waals surface area contributed by atoms with Crippen LogP contribution < -0.4 is 5.32 Å². The second-order valence-electron chi connectivity index (χ2n) is 5.52. The number of hydrogen-bond acceptors (Lipinski definition) is 2. The van der Waals surface area contributed by atoms with E-state index in [2.05, 4.69) is 24.0 Å². The maximum Gasteiger partial charge on any atom is 0.0161 e. The molecule has 0 aromatic heterocycles. The number of thioether (sulfide) groups is 1. The number of rotatable bonds is 4. The van der Waals surface area contributed by atoms with Gasteiger partial charge >= 0.3 is 0 Å². The molecule has 94 valence electrons. The summed E-state index contributed by atoms with van der Waals surface area (Å²) in [5.74, 6) is 3.72. The third-order valence-corrected chi connectivity index (χ3v) is 5.39. The van der Waals surface area contributed by atoms with Crippen molar-refractivity contribution in [1.82, 2.24) is 5.32 Å². The van der Waals surface area contributed by atoms with Crippen LogP contribution in [0.5, 0.6) is 0 Å². The molecule has 1 saturated carbocycles. The molecular weight excluding hydrogens is 214 g/mol. The fraction of sp³-hybridized carbons (Fsp3) is 1.00. The SMILES string of the molecule is CCCC1CCCCC1NC1CCCSC1. The average Bonchev–Trinajstić information content (AvgIpc) is 2.33. The van der Waals surface area contributed by atoms with Gasteiger partial charge in [-0.15, -0.1) is 0 Å². The summed E-state index contributed by atoms with van der Waals surface area (Å²) < 4.78 is 0. The summed E-state index contributed by atoms with van der Waals surface area (Å²) in [5.41, 5.74) is 0. The van der Waals surface area contributed by atoms with Crippen molar-refractivity contribution in [3.63, 3.8) is 0 Å². The van der Waals surface area contributed by atoms with E-state index in [9.17, 15) is 0 Å². The van der Waals surface area contributed by atoms with E-state index in [0.717, 1.165) is 18.0 Å². The second-order valence-corrected chi connectivity index (χ2v) is 6.67. The summed E-state index contributed by atoms with van der Waals surface area (Å²) in [6.07, 6.45) is 11.5. The largest absolute Gasteiger partial charge is 0.310 e. The maximum atomic E-state index is 3.97. The van der Waals surface area contributed by atoms with Gasteiger partial charge in [0.25, 0.3) is 0 Å². The van der Waals surface area contributed by atoms with Gasteiger partial charge in [-0.3, -0.25) is 0 Å². The van der Waals surface area contributed by atoms with Crippen LogP contribution in [-0.4, -0.2) is 23.6 Å². The van der Waals surface area contributed by atoms with Crippen molar-refractivity contribution < 1.29 is 0 Å². The summed E-state index contributed by atoms with van der Waals surface area (Å²) in [7, 11) is 0. The first-order valence-electron chi connectivity index (χ1n) is 7.24. The molecule has 1 aliphatic heterocycles. The van der Waals surface area contributed by atoms with E-state index in [0.29, 0.717) is 0 Å². The highest BCUT2D eigenvalue weighted by molar-refractivity contribution is 7.99. The number of hydrogen-bond donors (Lipinski definition) is 1. The van der Waals surface area contributed by atoms with Crippen molar-refractivity contribution in [2.45, 2.75) is 70.4 Å². The van der Waals surface area contributed by atoms with Crippen LogP contribution >= 0.6 is 11.8 Å². The standard InChI is InChI=1S/C14H27NS/c1-2-6-12-7-3-4-9-14(12)15-13-8-5-10-16-11-13/h12-15H,2-11H2,1H3. The Balaban J connectivity index is 1.80. The predicted octanol–water partition coefficient (Wildman–Crippen LogP) is 3.83. The van der Waals surface area contributed by atoms with Gasteiger partial charge in [0.05, 0.1) is 0 Å². The van der Waals surface area contributed by atoms with Crippen LogP contribution in [0.3, 0.4) is 0 Å². The predicted molar refractivity (Wildman–Crippen MR) is 74.1 cm³/mol.